The average Bonchev–Trinajstić information content (AvgIpc) is 2.81. The number of nitrogens with one attached hydrogen (secondary N) is 1. The summed E-state index contributed by atoms with van der Waals surface area (Å²) in [5.74, 6) is 1.34. The van der Waals surface area contributed by atoms with Crippen molar-refractivity contribution >= 4 is 31.6 Å². The van der Waals surface area contributed by atoms with Gasteiger partial charge in [-0.15, -0.1) is 0 Å². The van der Waals surface area contributed by atoms with Gasteiger partial charge >= 0.3 is 0 Å². The predicted octanol–water partition coefficient (Wildman–Crippen LogP) is 7.37. The van der Waals surface area contributed by atoms with Gasteiger partial charge in [0.1, 0.15) is 11.5 Å². The van der Waals surface area contributed by atoms with Crippen LogP contribution in [0.4, 0.5) is 5.69 Å². The summed E-state index contributed by atoms with van der Waals surface area (Å²) >= 11 is 3.31. The Morgan fingerprint density at radius 3 is 1.79 bits per heavy atom. The lowest BCUT2D eigenvalue weighted by Gasteiger charge is -2.26. The van der Waals surface area contributed by atoms with E-state index >= 15 is 0 Å². The van der Waals surface area contributed by atoms with E-state index in [0.29, 0.717) is 17.2 Å². The zero-order valence-electron chi connectivity index (χ0n) is 18.3. The first-order valence-corrected chi connectivity index (χ1v) is 12.7. The monoisotopic (exact) mass is 521 g/mol. The molecule has 0 spiro atoms. The molecule has 0 aliphatic heterocycles. The van der Waals surface area contributed by atoms with Crippen molar-refractivity contribution in [2.75, 3.05) is 4.72 Å². The summed E-state index contributed by atoms with van der Waals surface area (Å²) in [6.07, 6.45) is 0. The molecule has 0 fully saturated rings. The van der Waals surface area contributed by atoms with E-state index in [1.54, 1.807) is 48.5 Å². The molecule has 0 saturated heterocycles. The fourth-order valence-corrected chi connectivity index (χ4v) is 4.84. The minimum absolute atomic E-state index is 0.118. The molecular weight excluding hydrogens is 498 g/mol. The van der Waals surface area contributed by atoms with Gasteiger partial charge in [-0.3, -0.25) is 4.72 Å². The van der Waals surface area contributed by atoms with E-state index in [0.717, 1.165) is 4.47 Å². The van der Waals surface area contributed by atoms with Crippen molar-refractivity contribution < 1.29 is 13.2 Å². The summed E-state index contributed by atoms with van der Waals surface area (Å²) in [4.78, 5) is 0.199. The van der Waals surface area contributed by atoms with E-state index in [9.17, 15) is 8.42 Å². The molecular formula is C27H24BrNO3S. The van der Waals surface area contributed by atoms with Crippen LogP contribution in [0.5, 0.6) is 11.5 Å². The molecule has 0 radical (unpaired) electrons. The summed E-state index contributed by atoms with van der Waals surface area (Å²) in [6.45, 7) is 4.40. The molecule has 0 heterocycles. The SMILES string of the molecule is CC(C)(c1ccccc1)c1ccc(Oc2ccc(NS(=O)(=O)c3ccc(Br)cc3)cc2)cc1. The van der Waals surface area contributed by atoms with E-state index in [4.69, 9.17) is 4.74 Å². The fourth-order valence-electron chi connectivity index (χ4n) is 3.52. The summed E-state index contributed by atoms with van der Waals surface area (Å²) < 4.78 is 34.5. The van der Waals surface area contributed by atoms with Crippen molar-refractivity contribution in [1.82, 2.24) is 0 Å². The molecule has 0 unspecified atom stereocenters. The smallest absolute Gasteiger partial charge is 0.261 e. The lowest BCUT2D eigenvalue weighted by Crippen LogP contribution is -2.18. The van der Waals surface area contributed by atoms with Crippen LogP contribution in [0.15, 0.2) is 112 Å². The minimum atomic E-state index is -3.66. The number of benzene rings is 4. The van der Waals surface area contributed by atoms with Gasteiger partial charge in [0.15, 0.2) is 0 Å². The van der Waals surface area contributed by atoms with Gasteiger partial charge in [0.2, 0.25) is 0 Å². The van der Waals surface area contributed by atoms with Crippen molar-refractivity contribution in [2.45, 2.75) is 24.2 Å². The third kappa shape index (κ3) is 5.46. The standard InChI is InChI=1S/C27H24BrNO3S/c1-27(2,20-6-4-3-5-7-20)21-8-14-24(15-9-21)32-25-16-12-23(13-17-25)29-33(30,31)26-18-10-22(28)11-19-26/h3-19,29H,1-2H3. The minimum Gasteiger partial charge on any atom is -0.457 e. The molecule has 0 saturated carbocycles. The predicted molar refractivity (Wildman–Crippen MR) is 136 cm³/mol. The Kier molecular flexibility index (Phi) is 6.58. The zero-order valence-corrected chi connectivity index (χ0v) is 20.7. The molecule has 4 rings (SSSR count). The first kappa shape index (κ1) is 23.1. The molecule has 4 aromatic rings. The maximum atomic E-state index is 12.5. The van der Waals surface area contributed by atoms with Gasteiger partial charge in [0, 0.05) is 15.6 Å². The van der Waals surface area contributed by atoms with Gasteiger partial charge < -0.3 is 4.74 Å². The second-order valence-electron chi connectivity index (χ2n) is 8.20. The molecule has 4 nitrogen and oxygen atoms in total. The van der Waals surface area contributed by atoms with Crippen LogP contribution in [0.2, 0.25) is 0 Å². The highest BCUT2D eigenvalue weighted by Crippen LogP contribution is 2.33. The van der Waals surface area contributed by atoms with E-state index < -0.39 is 10.0 Å². The topological polar surface area (TPSA) is 55.4 Å². The van der Waals surface area contributed by atoms with Crippen molar-refractivity contribution in [2.24, 2.45) is 0 Å². The third-order valence-electron chi connectivity index (χ3n) is 5.54. The molecule has 0 bridgehead atoms. The van der Waals surface area contributed by atoms with Crippen molar-refractivity contribution in [1.29, 1.82) is 0 Å². The van der Waals surface area contributed by atoms with E-state index in [1.807, 2.05) is 18.2 Å². The Balaban J connectivity index is 1.43. The lowest BCUT2D eigenvalue weighted by atomic mass is 9.78. The zero-order chi connectivity index (χ0) is 23.5. The Bertz CT molecular complexity index is 1320. The van der Waals surface area contributed by atoms with Crippen LogP contribution >= 0.6 is 15.9 Å². The van der Waals surface area contributed by atoms with Crippen LogP contribution in [0.3, 0.4) is 0 Å². The highest BCUT2D eigenvalue weighted by molar-refractivity contribution is 9.10. The third-order valence-corrected chi connectivity index (χ3v) is 7.46. The number of anilines is 1. The number of hydrogen-bond donors (Lipinski definition) is 1. The fraction of sp³-hybridized carbons (Fsp3) is 0.111. The first-order chi connectivity index (χ1) is 15.7. The Labute approximate surface area is 203 Å². The maximum absolute atomic E-state index is 12.5. The van der Waals surface area contributed by atoms with E-state index in [1.165, 1.54) is 11.1 Å². The van der Waals surface area contributed by atoms with Crippen LogP contribution in [0.25, 0.3) is 0 Å². The molecule has 33 heavy (non-hydrogen) atoms. The molecule has 0 amide bonds. The number of halogens is 1. The van der Waals surface area contributed by atoms with Crippen LogP contribution in [-0.2, 0) is 15.4 Å². The number of hydrogen-bond acceptors (Lipinski definition) is 3. The summed E-state index contributed by atoms with van der Waals surface area (Å²) in [6, 6.07) is 31.8. The molecule has 0 aromatic heterocycles. The highest BCUT2D eigenvalue weighted by atomic mass is 79.9. The van der Waals surface area contributed by atoms with Crippen LogP contribution in [-0.4, -0.2) is 8.42 Å². The van der Waals surface area contributed by atoms with Gasteiger partial charge in [-0.05, 0) is 71.8 Å². The number of rotatable bonds is 7. The Morgan fingerprint density at radius 1 is 0.697 bits per heavy atom. The van der Waals surface area contributed by atoms with E-state index in [-0.39, 0.29) is 10.3 Å². The maximum Gasteiger partial charge on any atom is 0.261 e. The molecule has 0 aliphatic rings. The molecule has 168 valence electrons. The van der Waals surface area contributed by atoms with Gasteiger partial charge in [-0.2, -0.15) is 0 Å². The van der Waals surface area contributed by atoms with Crippen LogP contribution < -0.4 is 9.46 Å². The van der Waals surface area contributed by atoms with E-state index in [2.05, 4.69) is 70.9 Å². The Morgan fingerprint density at radius 2 is 1.21 bits per heavy atom. The first-order valence-electron chi connectivity index (χ1n) is 10.5. The summed E-state index contributed by atoms with van der Waals surface area (Å²) in [5, 5.41) is 0. The highest BCUT2D eigenvalue weighted by Gasteiger charge is 2.22. The summed E-state index contributed by atoms with van der Waals surface area (Å²) in [7, 11) is -3.66. The van der Waals surface area contributed by atoms with Crippen molar-refractivity contribution in [3.05, 3.63) is 119 Å². The molecule has 0 aliphatic carbocycles. The Hall–Kier alpha value is -3.09. The largest absolute Gasteiger partial charge is 0.457 e. The van der Waals surface area contributed by atoms with Crippen LogP contribution in [0.1, 0.15) is 25.0 Å². The van der Waals surface area contributed by atoms with Gasteiger partial charge in [0.25, 0.3) is 10.0 Å². The van der Waals surface area contributed by atoms with Crippen molar-refractivity contribution in [3.63, 3.8) is 0 Å². The van der Waals surface area contributed by atoms with Gasteiger partial charge in [-0.1, -0.05) is 72.2 Å². The van der Waals surface area contributed by atoms with Gasteiger partial charge in [0.05, 0.1) is 4.90 Å². The second kappa shape index (κ2) is 9.41. The van der Waals surface area contributed by atoms with Crippen LogP contribution in [0, 0.1) is 0 Å². The second-order valence-corrected chi connectivity index (χ2v) is 10.8. The quantitative estimate of drug-likeness (QED) is 0.276. The summed E-state index contributed by atoms with van der Waals surface area (Å²) in [5.41, 5.74) is 2.79. The van der Waals surface area contributed by atoms with Crippen molar-refractivity contribution in [3.8, 4) is 11.5 Å². The number of ether oxygens (including phenoxy) is 1. The molecule has 6 heteroatoms. The molecule has 1 N–H and O–H groups in total. The molecule has 0 atom stereocenters. The normalized spacial score (nSPS) is 11.7. The van der Waals surface area contributed by atoms with Gasteiger partial charge in [-0.25, -0.2) is 8.42 Å². The number of sulfonamides is 1. The molecule has 4 aromatic carbocycles. The lowest BCUT2D eigenvalue weighted by molar-refractivity contribution is 0.482. The average molecular weight is 522 g/mol.